The highest BCUT2D eigenvalue weighted by Crippen LogP contribution is 2.10. The van der Waals surface area contributed by atoms with Gasteiger partial charge in [-0.05, 0) is 19.1 Å². The molecule has 0 saturated heterocycles. The Hall–Kier alpha value is -2.28. The van der Waals surface area contributed by atoms with Crippen LogP contribution in [0.5, 0.6) is 5.75 Å². The molecule has 2 aromatic rings. The summed E-state index contributed by atoms with van der Waals surface area (Å²) >= 11 is 0. The third kappa shape index (κ3) is 2.76. The Morgan fingerprint density at radius 2 is 1.79 bits per heavy atom. The summed E-state index contributed by atoms with van der Waals surface area (Å²) < 4.78 is 25.0. The predicted octanol–water partition coefficient (Wildman–Crippen LogP) is 0.795. The van der Waals surface area contributed by atoms with Gasteiger partial charge in [-0.3, -0.25) is 4.79 Å². The topological polar surface area (TPSA) is 88.4 Å². The van der Waals surface area contributed by atoms with Crippen molar-refractivity contribution in [2.75, 3.05) is 4.83 Å². The number of hydrogen-bond donors (Lipinski definition) is 2. The molecule has 0 bridgehead atoms. The van der Waals surface area contributed by atoms with Gasteiger partial charge in [0.1, 0.15) is 5.75 Å². The minimum absolute atomic E-state index is 0.0503. The number of aryl methyl sites for hydroxylation is 1. The van der Waals surface area contributed by atoms with Gasteiger partial charge in [-0.25, -0.2) is 9.51 Å². The first-order valence-corrected chi connectivity index (χ1v) is 6.89. The number of rotatable bonds is 3. The molecule has 0 unspecified atom stereocenters. The second kappa shape index (κ2) is 4.77. The summed E-state index contributed by atoms with van der Waals surface area (Å²) in [5.41, 5.74) is -0.374. The normalized spacial score (nSPS) is 11.2. The molecule has 100 valence electrons. The number of nitrogens with one attached hydrogen (secondary N) is 1. The Balaban J connectivity index is 2.45. The number of aromatic nitrogens is 1. The van der Waals surface area contributed by atoms with Gasteiger partial charge in [-0.1, -0.05) is 18.2 Å². The van der Waals surface area contributed by atoms with Crippen LogP contribution in [0.15, 0.2) is 52.2 Å². The molecule has 0 amide bonds. The van der Waals surface area contributed by atoms with Crippen LogP contribution >= 0.6 is 0 Å². The number of benzene rings is 1. The predicted molar refractivity (Wildman–Crippen MR) is 70.1 cm³/mol. The summed E-state index contributed by atoms with van der Waals surface area (Å²) in [5, 5.41) is 9.24. The van der Waals surface area contributed by atoms with E-state index in [1.54, 1.807) is 18.2 Å². The maximum absolute atomic E-state index is 12.1. The molecule has 0 atom stereocenters. The van der Waals surface area contributed by atoms with Crippen LogP contribution in [0.4, 0.5) is 0 Å². The van der Waals surface area contributed by atoms with Gasteiger partial charge in [0.05, 0.1) is 4.90 Å². The Bertz CT molecular complexity index is 751. The molecule has 2 N–H and O–H groups in total. The van der Waals surface area contributed by atoms with E-state index in [1.165, 1.54) is 25.1 Å². The fourth-order valence-corrected chi connectivity index (χ4v) is 2.67. The Labute approximate surface area is 110 Å². The molecule has 7 heteroatoms. The molecule has 1 aromatic heterocycles. The SMILES string of the molecule is Cc1cc(O)cc(=O)n1NS(=O)(=O)c1ccccc1. The second-order valence-corrected chi connectivity index (χ2v) is 5.60. The zero-order valence-corrected chi connectivity index (χ0v) is 10.9. The van der Waals surface area contributed by atoms with E-state index in [-0.39, 0.29) is 16.3 Å². The minimum atomic E-state index is -3.84. The third-order valence-corrected chi connectivity index (χ3v) is 3.78. The van der Waals surface area contributed by atoms with Crippen LogP contribution in [0.1, 0.15) is 5.69 Å². The summed E-state index contributed by atoms with van der Waals surface area (Å²) in [6, 6.07) is 9.92. The van der Waals surface area contributed by atoms with E-state index in [9.17, 15) is 18.3 Å². The van der Waals surface area contributed by atoms with Gasteiger partial charge < -0.3 is 5.11 Å². The lowest BCUT2D eigenvalue weighted by Crippen LogP contribution is -2.34. The van der Waals surface area contributed by atoms with Gasteiger partial charge in [-0.2, -0.15) is 8.42 Å². The molecule has 19 heavy (non-hydrogen) atoms. The van der Waals surface area contributed by atoms with Crippen LogP contribution in [0.3, 0.4) is 0 Å². The van der Waals surface area contributed by atoms with Crippen molar-refractivity contribution in [1.29, 1.82) is 0 Å². The van der Waals surface area contributed by atoms with Gasteiger partial charge in [0.25, 0.3) is 15.6 Å². The average Bonchev–Trinajstić information content (AvgIpc) is 2.35. The van der Waals surface area contributed by atoms with Crippen LogP contribution < -0.4 is 10.4 Å². The molecule has 0 radical (unpaired) electrons. The van der Waals surface area contributed by atoms with Gasteiger partial charge in [0.15, 0.2) is 0 Å². The van der Waals surface area contributed by atoms with Crippen molar-refractivity contribution < 1.29 is 13.5 Å². The Kier molecular flexibility index (Phi) is 3.30. The summed E-state index contributed by atoms with van der Waals surface area (Å²) in [7, 11) is -3.84. The Morgan fingerprint density at radius 3 is 2.37 bits per heavy atom. The quantitative estimate of drug-likeness (QED) is 0.870. The van der Waals surface area contributed by atoms with Crippen LogP contribution in [0.25, 0.3) is 0 Å². The highest BCUT2D eigenvalue weighted by Gasteiger charge is 2.15. The molecule has 0 aliphatic rings. The molecule has 1 heterocycles. The minimum Gasteiger partial charge on any atom is -0.508 e. The Morgan fingerprint density at radius 1 is 1.16 bits per heavy atom. The maximum Gasteiger partial charge on any atom is 0.275 e. The van der Waals surface area contributed by atoms with Crippen molar-refractivity contribution in [3.63, 3.8) is 0 Å². The van der Waals surface area contributed by atoms with E-state index in [4.69, 9.17) is 0 Å². The van der Waals surface area contributed by atoms with E-state index in [1.807, 2.05) is 0 Å². The molecular formula is C12H12N2O4S. The van der Waals surface area contributed by atoms with Gasteiger partial charge >= 0.3 is 0 Å². The largest absolute Gasteiger partial charge is 0.508 e. The highest BCUT2D eigenvalue weighted by molar-refractivity contribution is 7.92. The van der Waals surface area contributed by atoms with E-state index in [2.05, 4.69) is 4.83 Å². The first kappa shape index (κ1) is 13.2. The number of sulfonamides is 1. The van der Waals surface area contributed by atoms with Crippen LogP contribution in [0, 0.1) is 6.92 Å². The standard InChI is InChI=1S/C12H12N2O4S/c1-9-7-10(15)8-12(16)14(9)13-19(17,18)11-5-3-2-4-6-11/h2-8,13,15H,1H3. The highest BCUT2D eigenvalue weighted by atomic mass is 32.2. The van der Waals surface area contributed by atoms with E-state index >= 15 is 0 Å². The summed E-state index contributed by atoms with van der Waals surface area (Å²) in [6.45, 7) is 1.51. The summed E-state index contributed by atoms with van der Waals surface area (Å²) in [5.74, 6) is -0.211. The third-order valence-electron chi connectivity index (χ3n) is 2.47. The lowest BCUT2D eigenvalue weighted by atomic mass is 10.3. The number of aromatic hydroxyl groups is 1. The zero-order chi connectivity index (χ0) is 14.0. The van der Waals surface area contributed by atoms with Crippen LogP contribution in [0.2, 0.25) is 0 Å². The molecular weight excluding hydrogens is 268 g/mol. The van der Waals surface area contributed by atoms with Crippen molar-refractivity contribution in [1.82, 2.24) is 4.68 Å². The zero-order valence-electron chi connectivity index (χ0n) is 10.1. The first-order chi connectivity index (χ1) is 8.90. The van der Waals surface area contributed by atoms with E-state index in [0.717, 1.165) is 10.7 Å². The molecule has 1 aromatic carbocycles. The molecule has 0 aliphatic carbocycles. The first-order valence-electron chi connectivity index (χ1n) is 5.41. The molecule has 0 saturated carbocycles. The van der Waals surface area contributed by atoms with Gasteiger partial charge in [0, 0.05) is 17.8 Å². The smallest absolute Gasteiger partial charge is 0.275 e. The van der Waals surface area contributed by atoms with Crippen LogP contribution in [-0.4, -0.2) is 18.2 Å². The fraction of sp³-hybridized carbons (Fsp3) is 0.0833. The maximum atomic E-state index is 12.1. The van der Waals surface area contributed by atoms with Crippen LogP contribution in [-0.2, 0) is 10.0 Å². The molecule has 0 aliphatic heterocycles. The fourth-order valence-electron chi connectivity index (χ4n) is 1.57. The van der Waals surface area contributed by atoms with E-state index in [0.29, 0.717) is 0 Å². The molecule has 6 nitrogen and oxygen atoms in total. The monoisotopic (exact) mass is 280 g/mol. The van der Waals surface area contributed by atoms with E-state index < -0.39 is 15.6 Å². The van der Waals surface area contributed by atoms with Crippen molar-refractivity contribution >= 4 is 10.0 Å². The molecule has 0 spiro atoms. The number of nitrogens with zero attached hydrogens (tertiary/aromatic N) is 1. The molecule has 2 rings (SSSR count). The summed E-state index contributed by atoms with van der Waals surface area (Å²) in [4.78, 5) is 13.9. The van der Waals surface area contributed by atoms with Crippen molar-refractivity contribution in [3.8, 4) is 5.75 Å². The second-order valence-electron chi connectivity index (χ2n) is 3.94. The van der Waals surface area contributed by atoms with Gasteiger partial charge in [-0.15, -0.1) is 0 Å². The number of hydrogen-bond acceptors (Lipinski definition) is 4. The van der Waals surface area contributed by atoms with Gasteiger partial charge in [0.2, 0.25) is 0 Å². The average molecular weight is 280 g/mol. The number of pyridine rings is 1. The summed E-state index contributed by atoms with van der Waals surface area (Å²) in [6.07, 6.45) is 0. The lowest BCUT2D eigenvalue weighted by molar-refractivity contribution is 0.471. The van der Waals surface area contributed by atoms with Crippen molar-refractivity contribution in [2.24, 2.45) is 0 Å². The molecule has 0 fully saturated rings. The lowest BCUT2D eigenvalue weighted by Gasteiger charge is -2.13. The van der Waals surface area contributed by atoms with Crippen molar-refractivity contribution in [3.05, 3.63) is 58.5 Å². The van der Waals surface area contributed by atoms with Crippen molar-refractivity contribution in [2.45, 2.75) is 11.8 Å².